The summed E-state index contributed by atoms with van der Waals surface area (Å²) in [5.74, 6) is -0.942. The first kappa shape index (κ1) is 25.1. The fourth-order valence-corrected chi connectivity index (χ4v) is 4.40. The van der Waals surface area contributed by atoms with E-state index in [1.165, 1.54) is 0 Å². The SMILES string of the molecule is CCOC(=O)c1ccc(NC(=O)CC2C(=O)N(Cc3ccccc3)C(=S)N2Cc2ccccc2)cc1. The van der Waals surface area contributed by atoms with Crippen molar-refractivity contribution in [2.75, 3.05) is 11.9 Å². The number of carbonyl (C=O) groups is 3. The van der Waals surface area contributed by atoms with Crippen molar-refractivity contribution in [2.45, 2.75) is 32.5 Å². The van der Waals surface area contributed by atoms with E-state index in [4.69, 9.17) is 17.0 Å². The second-order valence-corrected chi connectivity index (χ2v) is 8.74. The van der Waals surface area contributed by atoms with Crippen molar-refractivity contribution in [3.63, 3.8) is 0 Å². The van der Waals surface area contributed by atoms with Crippen LogP contribution in [-0.4, -0.2) is 45.3 Å². The lowest BCUT2D eigenvalue weighted by atomic mass is 10.1. The van der Waals surface area contributed by atoms with Gasteiger partial charge in [0.25, 0.3) is 5.91 Å². The van der Waals surface area contributed by atoms with Gasteiger partial charge in [0.05, 0.1) is 25.1 Å². The number of hydrogen-bond donors (Lipinski definition) is 1. The molecule has 0 spiro atoms. The molecule has 184 valence electrons. The minimum Gasteiger partial charge on any atom is -0.462 e. The standard InChI is InChI=1S/C28H27N3O4S/c1-2-35-27(34)22-13-15-23(16-14-22)29-25(32)17-24-26(33)31(19-21-11-7-4-8-12-21)28(36)30(24)18-20-9-5-3-6-10-20/h3-16,24H,2,17-19H2,1H3,(H,29,32). The van der Waals surface area contributed by atoms with Gasteiger partial charge in [-0.05, 0) is 54.5 Å². The number of thiocarbonyl (C=S) groups is 1. The molecule has 1 atom stereocenters. The second-order valence-electron chi connectivity index (χ2n) is 8.37. The van der Waals surface area contributed by atoms with E-state index in [1.54, 1.807) is 36.1 Å². The van der Waals surface area contributed by atoms with Gasteiger partial charge in [0, 0.05) is 12.2 Å². The monoisotopic (exact) mass is 501 g/mol. The number of nitrogens with zero attached hydrogens (tertiary/aromatic N) is 2. The van der Waals surface area contributed by atoms with Crippen molar-refractivity contribution in [3.8, 4) is 0 Å². The summed E-state index contributed by atoms with van der Waals surface area (Å²) in [6.45, 7) is 2.79. The van der Waals surface area contributed by atoms with Crippen molar-refractivity contribution < 1.29 is 19.1 Å². The van der Waals surface area contributed by atoms with Gasteiger partial charge in [-0.25, -0.2) is 4.79 Å². The molecule has 0 aromatic heterocycles. The molecule has 1 unspecified atom stereocenters. The van der Waals surface area contributed by atoms with Gasteiger partial charge in [0.15, 0.2) is 5.11 Å². The Morgan fingerprint density at radius 1 is 0.889 bits per heavy atom. The van der Waals surface area contributed by atoms with Crippen LogP contribution in [0.4, 0.5) is 5.69 Å². The van der Waals surface area contributed by atoms with Crippen LogP contribution >= 0.6 is 12.2 Å². The number of hydrogen-bond acceptors (Lipinski definition) is 5. The molecule has 0 saturated carbocycles. The van der Waals surface area contributed by atoms with Crippen LogP contribution in [0.3, 0.4) is 0 Å². The van der Waals surface area contributed by atoms with Crippen LogP contribution in [0.5, 0.6) is 0 Å². The molecule has 3 aromatic rings. The Bertz CT molecular complexity index is 1230. The molecule has 1 fully saturated rings. The summed E-state index contributed by atoms with van der Waals surface area (Å²) in [6.07, 6.45) is -0.0588. The van der Waals surface area contributed by atoms with E-state index in [0.29, 0.717) is 29.5 Å². The second kappa shape index (κ2) is 11.6. The number of esters is 1. The molecule has 1 aliphatic rings. The Hall–Kier alpha value is -4.04. The normalized spacial score (nSPS) is 15.2. The summed E-state index contributed by atoms with van der Waals surface area (Å²) in [5.41, 5.74) is 2.88. The number of nitrogens with one attached hydrogen (secondary N) is 1. The molecule has 36 heavy (non-hydrogen) atoms. The topological polar surface area (TPSA) is 78.9 Å². The zero-order valence-corrected chi connectivity index (χ0v) is 20.7. The van der Waals surface area contributed by atoms with E-state index in [0.717, 1.165) is 11.1 Å². The van der Waals surface area contributed by atoms with Gasteiger partial charge >= 0.3 is 5.97 Å². The van der Waals surface area contributed by atoms with Crippen LogP contribution in [0.2, 0.25) is 0 Å². The highest BCUT2D eigenvalue weighted by atomic mass is 32.1. The Balaban J connectivity index is 1.49. The zero-order valence-electron chi connectivity index (χ0n) is 19.9. The fourth-order valence-electron chi connectivity index (χ4n) is 4.05. The van der Waals surface area contributed by atoms with E-state index >= 15 is 0 Å². The third kappa shape index (κ3) is 5.95. The van der Waals surface area contributed by atoms with Gasteiger partial charge in [0.1, 0.15) is 6.04 Å². The number of amides is 2. The van der Waals surface area contributed by atoms with E-state index in [1.807, 2.05) is 65.6 Å². The van der Waals surface area contributed by atoms with Crippen LogP contribution in [0, 0.1) is 0 Å². The first-order chi connectivity index (χ1) is 17.5. The maximum absolute atomic E-state index is 13.5. The Labute approximate surface area is 215 Å². The number of benzene rings is 3. The molecule has 3 aromatic carbocycles. The first-order valence-corrected chi connectivity index (χ1v) is 12.1. The molecule has 7 nitrogen and oxygen atoms in total. The summed E-state index contributed by atoms with van der Waals surface area (Å²) in [7, 11) is 0. The predicted molar refractivity (Wildman–Crippen MR) is 141 cm³/mol. The summed E-state index contributed by atoms with van der Waals surface area (Å²) < 4.78 is 4.99. The van der Waals surface area contributed by atoms with Crippen LogP contribution in [0.15, 0.2) is 84.9 Å². The summed E-state index contributed by atoms with van der Waals surface area (Å²) in [6, 6.07) is 25.1. The average Bonchev–Trinajstić information content (AvgIpc) is 3.10. The Morgan fingerprint density at radius 2 is 1.47 bits per heavy atom. The number of carbonyl (C=O) groups excluding carboxylic acids is 3. The molecule has 0 radical (unpaired) electrons. The number of anilines is 1. The molecule has 1 saturated heterocycles. The molecular weight excluding hydrogens is 474 g/mol. The Kier molecular flexibility index (Phi) is 8.07. The molecular formula is C28H27N3O4S. The van der Waals surface area contributed by atoms with Gasteiger partial charge in [0.2, 0.25) is 5.91 Å². The predicted octanol–water partition coefficient (Wildman–Crippen LogP) is 4.39. The molecule has 1 heterocycles. The minimum absolute atomic E-state index is 0.0588. The zero-order chi connectivity index (χ0) is 25.5. The summed E-state index contributed by atoms with van der Waals surface area (Å²) in [5, 5.41) is 3.23. The van der Waals surface area contributed by atoms with Crippen LogP contribution in [0.1, 0.15) is 34.8 Å². The van der Waals surface area contributed by atoms with Gasteiger partial charge in [-0.3, -0.25) is 14.5 Å². The van der Waals surface area contributed by atoms with Gasteiger partial charge in [-0.15, -0.1) is 0 Å². The van der Waals surface area contributed by atoms with E-state index in [2.05, 4.69) is 5.32 Å². The number of ether oxygens (including phenoxy) is 1. The summed E-state index contributed by atoms with van der Waals surface area (Å²) >= 11 is 5.71. The average molecular weight is 502 g/mol. The quantitative estimate of drug-likeness (QED) is 0.346. The van der Waals surface area contributed by atoms with Gasteiger partial charge in [-0.2, -0.15) is 0 Å². The fraction of sp³-hybridized carbons (Fsp3) is 0.214. The van der Waals surface area contributed by atoms with Crippen LogP contribution in [-0.2, 0) is 27.4 Å². The molecule has 1 aliphatic heterocycles. The van der Waals surface area contributed by atoms with E-state index in [9.17, 15) is 14.4 Å². The smallest absolute Gasteiger partial charge is 0.338 e. The van der Waals surface area contributed by atoms with Gasteiger partial charge < -0.3 is 15.0 Å². The van der Waals surface area contributed by atoms with Crippen molar-refractivity contribution in [3.05, 3.63) is 102 Å². The van der Waals surface area contributed by atoms with Crippen molar-refractivity contribution in [2.24, 2.45) is 0 Å². The lowest BCUT2D eigenvalue weighted by molar-refractivity contribution is -0.131. The highest BCUT2D eigenvalue weighted by Gasteiger charge is 2.43. The maximum Gasteiger partial charge on any atom is 0.338 e. The first-order valence-electron chi connectivity index (χ1n) is 11.7. The largest absolute Gasteiger partial charge is 0.462 e. The lowest BCUT2D eigenvalue weighted by Gasteiger charge is -2.24. The Morgan fingerprint density at radius 3 is 2.06 bits per heavy atom. The van der Waals surface area contributed by atoms with E-state index in [-0.39, 0.29) is 24.8 Å². The summed E-state index contributed by atoms with van der Waals surface area (Å²) in [4.78, 5) is 41.7. The van der Waals surface area contributed by atoms with E-state index < -0.39 is 12.0 Å². The third-order valence-corrected chi connectivity index (χ3v) is 6.30. The molecule has 0 aliphatic carbocycles. The highest BCUT2D eigenvalue weighted by Crippen LogP contribution is 2.26. The van der Waals surface area contributed by atoms with Crippen molar-refractivity contribution in [1.82, 2.24) is 9.80 Å². The third-order valence-electron chi connectivity index (χ3n) is 5.84. The number of rotatable bonds is 9. The van der Waals surface area contributed by atoms with Gasteiger partial charge in [-0.1, -0.05) is 60.7 Å². The lowest BCUT2D eigenvalue weighted by Crippen LogP contribution is -2.37. The van der Waals surface area contributed by atoms with Crippen molar-refractivity contribution >= 4 is 40.8 Å². The molecule has 2 amide bonds. The minimum atomic E-state index is -0.722. The molecule has 4 rings (SSSR count). The highest BCUT2D eigenvalue weighted by molar-refractivity contribution is 7.80. The van der Waals surface area contributed by atoms with Crippen LogP contribution in [0.25, 0.3) is 0 Å². The molecule has 8 heteroatoms. The molecule has 1 N–H and O–H groups in total. The van der Waals surface area contributed by atoms with Crippen molar-refractivity contribution in [1.29, 1.82) is 0 Å². The van der Waals surface area contributed by atoms with Crippen LogP contribution < -0.4 is 5.32 Å². The molecule has 0 bridgehead atoms. The maximum atomic E-state index is 13.5.